The first-order valence-electron chi connectivity index (χ1n) is 10.0. The summed E-state index contributed by atoms with van der Waals surface area (Å²) in [5, 5.41) is 18.1. The SMILES string of the molecule is C[N+](C)(Cc1ccccc1)[C@H]1CCCC[C@@H]1NC(=S)Nc1cccc([N+](=O)[O-])c1. The van der Waals surface area contributed by atoms with Crippen molar-refractivity contribution in [3.63, 3.8) is 0 Å². The number of hydrogen-bond acceptors (Lipinski definition) is 3. The summed E-state index contributed by atoms with van der Waals surface area (Å²) in [6.07, 6.45) is 4.62. The van der Waals surface area contributed by atoms with Crippen LogP contribution in [-0.4, -0.2) is 40.7 Å². The molecule has 1 aliphatic carbocycles. The Labute approximate surface area is 177 Å². The average molecular weight is 414 g/mol. The summed E-state index contributed by atoms with van der Waals surface area (Å²) in [5.41, 5.74) is 2.01. The van der Waals surface area contributed by atoms with Gasteiger partial charge >= 0.3 is 0 Å². The first-order chi connectivity index (χ1) is 13.8. The number of non-ortho nitro benzene ring substituents is 1. The highest BCUT2D eigenvalue weighted by molar-refractivity contribution is 7.80. The van der Waals surface area contributed by atoms with Gasteiger partial charge in [0.2, 0.25) is 0 Å². The van der Waals surface area contributed by atoms with Crippen molar-refractivity contribution in [2.45, 2.75) is 44.3 Å². The molecule has 1 saturated carbocycles. The summed E-state index contributed by atoms with van der Waals surface area (Å²) in [4.78, 5) is 10.6. The summed E-state index contributed by atoms with van der Waals surface area (Å²) in [7, 11) is 4.57. The Morgan fingerprint density at radius 1 is 1.14 bits per heavy atom. The molecule has 0 radical (unpaired) electrons. The molecule has 3 rings (SSSR count). The number of hydrogen-bond donors (Lipinski definition) is 2. The lowest BCUT2D eigenvalue weighted by atomic mass is 9.87. The maximum atomic E-state index is 11.0. The zero-order chi connectivity index (χ0) is 20.9. The third-order valence-corrected chi connectivity index (χ3v) is 5.91. The minimum absolute atomic E-state index is 0.0500. The topological polar surface area (TPSA) is 67.2 Å². The molecule has 1 fully saturated rings. The van der Waals surface area contributed by atoms with E-state index in [1.165, 1.54) is 30.5 Å². The first-order valence-corrected chi connectivity index (χ1v) is 10.4. The van der Waals surface area contributed by atoms with Crippen molar-refractivity contribution in [2.75, 3.05) is 19.4 Å². The third kappa shape index (κ3) is 5.74. The maximum absolute atomic E-state index is 11.0. The molecule has 154 valence electrons. The molecule has 0 spiro atoms. The molecule has 29 heavy (non-hydrogen) atoms. The van der Waals surface area contributed by atoms with Crippen LogP contribution in [-0.2, 0) is 6.54 Å². The lowest BCUT2D eigenvalue weighted by molar-refractivity contribution is -0.930. The Morgan fingerprint density at radius 2 is 1.86 bits per heavy atom. The van der Waals surface area contributed by atoms with E-state index in [0.717, 1.165) is 23.9 Å². The van der Waals surface area contributed by atoms with Crippen molar-refractivity contribution in [3.05, 3.63) is 70.3 Å². The highest BCUT2D eigenvalue weighted by atomic mass is 32.1. The second kappa shape index (κ2) is 9.33. The van der Waals surface area contributed by atoms with Gasteiger partial charge in [0, 0.05) is 29.8 Å². The summed E-state index contributed by atoms with van der Waals surface area (Å²) in [6, 6.07) is 17.7. The molecule has 7 heteroatoms. The maximum Gasteiger partial charge on any atom is 0.271 e. The van der Waals surface area contributed by atoms with Crippen molar-refractivity contribution in [3.8, 4) is 0 Å². The van der Waals surface area contributed by atoms with Crippen LogP contribution >= 0.6 is 12.2 Å². The largest absolute Gasteiger partial charge is 0.354 e. The zero-order valence-electron chi connectivity index (χ0n) is 17.0. The number of quaternary nitrogens is 1. The van der Waals surface area contributed by atoms with Crippen molar-refractivity contribution < 1.29 is 9.41 Å². The highest BCUT2D eigenvalue weighted by Gasteiger charge is 2.37. The van der Waals surface area contributed by atoms with Gasteiger partial charge in [-0.1, -0.05) is 42.8 Å². The second-order valence-corrected chi connectivity index (χ2v) is 8.69. The number of likely N-dealkylation sites (N-methyl/N-ethyl adjacent to an activating group) is 1. The van der Waals surface area contributed by atoms with Crippen LogP contribution in [0.25, 0.3) is 0 Å². The highest BCUT2D eigenvalue weighted by Crippen LogP contribution is 2.28. The molecular weight excluding hydrogens is 384 g/mol. The molecule has 2 atom stereocenters. The molecule has 0 saturated heterocycles. The van der Waals surface area contributed by atoms with Crippen molar-refractivity contribution in [1.82, 2.24) is 5.32 Å². The van der Waals surface area contributed by atoms with Crippen LogP contribution in [0.3, 0.4) is 0 Å². The van der Waals surface area contributed by atoms with E-state index >= 15 is 0 Å². The van der Waals surface area contributed by atoms with Crippen molar-refractivity contribution >= 4 is 28.7 Å². The predicted octanol–water partition coefficient (Wildman–Crippen LogP) is 4.47. The summed E-state index contributed by atoms with van der Waals surface area (Å²) < 4.78 is 0.890. The van der Waals surface area contributed by atoms with Crippen molar-refractivity contribution in [2.24, 2.45) is 0 Å². The molecule has 0 heterocycles. The van der Waals surface area contributed by atoms with E-state index in [2.05, 4.69) is 49.0 Å². The fourth-order valence-electron chi connectivity index (χ4n) is 4.32. The van der Waals surface area contributed by atoms with Gasteiger partial charge in [0.1, 0.15) is 12.6 Å². The number of benzene rings is 2. The van der Waals surface area contributed by atoms with Gasteiger partial charge in [-0.3, -0.25) is 10.1 Å². The van der Waals surface area contributed by atoms with Crippen LogP contribution in [0.4, 0.5) is 11.4 Å². The number of thiocarbonyl (C=S) groups is 1. The van der Waals surface area contributed by atoms with Gasteiger partial charge in [0.05, 0.1) is 25.1 Å². The van der Waals surface area contributed by atoms with Gasteiger partial charge in [0.15, 0.2) is 5.11 Å². The summed E-state index contributed by atoms with van der Waals surface area (Å²) in [6.45, 7) is 0.967. The third-order valence-electron chi connectivity index (χ3n) is 5.69. The second-order valence-electron chi connectivity index (χ2n) is 8.29. The quantitative estimate of drug-likeness (QED) is 0.317. The van der Waals surface area contributed by atoms with Gasteiger partial charge in [-0.05, 0) is 31.1 Å². The van der Waals surface area contributed by atoms with Crippen LogP contribution in [0.1, 0.15) is 31.2 Å². The molecule has 2 N–H and O–H groups in total. The van der Waals surface area contributed by atoms with Gasteiger partial charge in [-0.25, -0.2) is 0 Å². The lowest BCUT2D eigenvalue weighted by Gasteiger charge is -2.45. The van der Waals surface area contributed by atoms with E-state index in [9.17, 15) is 10.1 Å². The van der Waals surface area contributed by atoms with E-state index in [-0.39, 0.29) is 11.7 Å². The van der Waals surface area contributed by atoms with Crippen LogP contribution < -0.4 is 10.6 Å². The number of nitro groups is 1. The Bertz CT molecular complexity index is 857. The van der Waals surface area contributed by atoms with Gasteiger partial charge in [0.25, 0.3) is 5.69 Å². The first kappa shape index (κ1) is 21.2. The van der Waals surface area contributed by atoms with Crippen LogP contribution in [0.15, 0.2) is 54.6 Å². The van der Waals surface area contributed by atoms with E-state index < -0.39 is 4.92 Å². The van der Waals surface area contributed by atoms with E-state index in [0.29, 0.717) is 16.8 Å². The fraction of sp³-hybridized carbons (Fsp3) is 0.409. The minimum atomic E-state index is -0.400. The van der Waals surface area contributed by atoms with Gasteiger partial charge in [-0.2, -0.15) is 0 Å². The van der Waals surface area contributed by atoms with Crippen LogP contribution in [0.2, 0.25) is 0 Å². The minimum Gasteiger partial charge on any atom is -0.354 e. The Hall–Kier alpha value is -2.51. The van der Waals surface area contributed by atoms with E-state index in [1.807, 2.05) is 6.07 Å². The molecule has 1 aliphatic rings. The smallest absolute Gasteiger partial charge is 0.271 e. The predicted molar refractivity (Wildman–Crippen MR) is 121 cm³/mol. The molecule has 0 aliphatic heterocycles. The summed E-state index contributed by atoms with van der Waals surface area (Å²) in [5.74, 6) is 0. The molecule has 0 unspecified atom stereocenters. The molecule has 6 nitrogen and oxygen atoms in total. The molecular formula is C22H29N4O2S+. The van der Waals surface area contributed by atoms with Crippen LogP contribution in [0.5, 0.6) is 0 Å². The average Bonchev–Trinajstić information content (AvgIpc) is 2.69. The summed E-state index contributed by atoms with van der Waals surface area (Å²) >= 11 is 5.53. The standard InChI is InChI=1S/C22H28N4O2S/c1-26(2,16-17-9-4-3-5-10-17)21-14-7-6-13-20(21)24-22(29)23-18-11-8-12-19(15-18)25(27)28/h3-5,8-12,15,20-21H,6-7,13-14,16H2,1-2H3,(H-,23,24,29)/p+1/t20-,21-/m0/s1. The Balaban J connectivity index is 1.67. The Morgan fingerprint density at radius 3 is 2.59 bits per heavy atom. The molecule has 0 aromatic heterocycles. The van der Waals surface area contributed by atoms with Crippen LogP contribution in [0, 0.1) is 10.1 Å². The zero-order valence-corrected chi connectivity index (χ0v) is 17.8. The monoisotopic (exact) mass is 413 g/mol. The fourth-order valence-corrected chi connectivity index (χ4v) is 4.59. The molecule has 2 aromatic rings. The van der Waals surface area contributed by atoms with E-state index in [1.54, 1.807) is 12.1 Å². The number of nitrogens with one attached hydrogen (secondary N) is 2. The van der Waals surface area contributed by atoms with Crippen molar-refractivity contribution in [1.29, 1.82) is 0 Å². The van der Waals surface area contributed by atoms with E-state index in [4.69, 9.17) is 12.2 Å². The number of nitrogens with zero attached hydrogens (tertiary/aromatic N) is 2. The van der Waals surface area contributed by atoms with Gasteiger partial charge < -0.3 is 15.1 Å². The van der Waals surface area contributed by atoms with Gasteiger partial charge in [-0.15, -0.1) is 0 Å². The Kier molecular flexibility index (Phi) is 6.82. The molecule has 0 amide bonds. The molecule has 2 aromatic carbocycles. The normalized spacial score (nSPS) is 19.4. The lowest BCUT2D eigenvalue weighted by Crippen LogP contribution is -2.60. The molecule has 0 bridgehead atoms. The number of nitro benzene ring substituents is 1. The number of anilines is 1. The number of rotatable bonds is 6.